The molecule has 0 saturated heterocycles. The van der Waals surface area contributed by atoms with E-state index in [1.807, 2.05) is 0 Å². The molecule has 0 saturated carbocycles. The second-order valence-electron chi connectivity index (χ2n) is 6.53. The van der Waals surface area contributed by atoms with Crippen LogP contribution in [0, 0.1) is 11.9 Å². The van der Waals surface area contributed by atoms with Crippen molar-refractivity contribution in [2.45, 2.75) is 20.0 Å². The van der Waals surface area contributed by atoms with Crippen molar-refractivity contribution < 1.29 is 22.4 Å². The normalized spacial score (nSPS) is 12.8. The first-order valence-corrected chi connectivity index (χ1v) is 8.84. The topological polar surface area (TPSA) is 71.6 Å². The summed E-state index contributed by atoms with van der Waals surface area (Å²) in [5.41, 5.74) is 4.73. The Labute approximate surface area is 171 Å². The lowest BCUT2D eigenvalue weighted by Gasteiger charge is -2.18. The number of nitrogens with two attached hydrogens (primary N) is 1. The van der Waals surface area contributed by atoms with E-state index in [0.29, 0.717) is 5.71 Å². The summed E-state index contributed by atoms with van der Waals surface area (Å²) in [6.45, 7) is 7.08. The van der Waals surface area contributed by atoms with Gasteiger partial charge in [0.15, 0.2) is 0 Å². The fourth-order valence-corrected chi connectivity index (χ4v) is 2.59. The van der Waals surface area contributed by atoms with E-state index >= 15 is 0 Å². The highest BCUT2D eigenvalue weighted by Crippen LogP contribution is 2.30. The van der Waals surface area contributed by atoms with Crippen LogP contribution in [-0.4, -0.2) is 21.6 Å². The number of carbonyl (C=O) groups excluding carboxylic acids is 1. The van der Waals surface area contributed by atoms with Crippen LogP contribution in [-0.2, 0) is 11.0 Å². The molecule has 2 N–H and O–H groups in total. The maximum absolute atomic E-state index is 14.0. The molecule has 2 rings (SSSR count). The number of hydrogen-bond donors (Lipinski definition) is 1. The van der Waals surface area contributed by atoms with E-state index in [2.05, 4.69) is 16.7 Å². The molecule has 1 aromatic carbocycles. The molecule has 0 radical (unpaired) electrons. The van der Waals surface area contributed by atoms with Crippen molar-refractivity contribution in [2.75, 3.05) is 0 Å². The summed E-state index contributed by atoms with van der Waals surface area (Å²) >= 11 is 0. The number of aromatic nitrogens is 1. The lowest BCUT2D eigenvalue weighted by Crippen LogP contribution is -2.19. The van der Waals surface area contributed by atoms with Crippen LogP contribution in [0.4, 0.5) is 17.6 Å². The molecule has 0 fully saturated rings. The lowest BCUT2D eigenvalue weighted by molar-refractivity contribution is -0.137. The average molecular weight is 420 g/mol. The molecule has 30 heavy (non-hydrogen) atoms. The first kappa shape index (κ1) is 22.8. The molecule has 2 aromatic rings. The summed E-state index contributed by atoms with van der Waals surface area (Å²) < 4.78 is 53.3. The standard InChI is InChI=1S/C21H20F4N4O/c1-4-29(12-17(20(26)30)16-9-6-10-27-19(16)22)28-18(13(2)3)14-7-5-8-15(11-14)21(23,24)25/h4-13H,1H2,2-3H3,(H2,26,30)/b17-12-,28-18+. The van der Waals surface area contributed by atoms with Crippen LogP contribution < -0.4 is 5.73 Å². The first-order chi connectivity index (χ1) is 14.0. The predicted octanol–water partition coefficient (Wildman–Crippen LogP) is 4.57. The van der Waals surface area contributed by atoms with E-state index in [1.165, 1.54) is 36.7 Å². The zero-order chi connectivity index (χ0) is 22.5. The number of rotatable bonds is 7. The van der Waals surface area contributed by atoms with Crippen molar-refractivity contribution >= 4 is 17.2 Å². The van der Waals surface area contributed by atoms with Gasteiger partial charge < -0.3 is 5.73 Å². The molecule has 158 valence electrons. The highest BCUT2D eigenvalue weighted by atomic mass is 19.4. The summed E-state index contributed by atoms with van der Waals surface area (Å²) in [5, 5.41) is 5.40. The highest BCUT2D eigenvalue weighted by molar-refractivity contribution is 6.18. The van der Waals surface area contributed by atoms with Gasteiger partial charge >= 0.3 is 6.18 Å². The Kier molecular flexibility index (Phi) is 7.10. The van der Waals surface area contributed by atoms with Gasteiger partial charge in [0.2, 0.25) is 5.95 Å². The van der Waals surface area contributed by atoms with Gasteiger partial charge in [-0.3, -0.25) is 4.79 Å². The molecule has 0 bridgehead atoms. The van der Waals surface area contributed by atoms with Crippen molar-refractivity contribution in [3.63, 3.8) is 0 Å². The number of pyridine rings is 1. The molecule has 0 unspecified atom stereocenters. The van der Waals surface area contributed by atoms with Gasteiger partial charge in [-0.25, -0.2) is 9.99 Å². The molecule has 1 aromatic heterocycles. The van der Waals surface area contributed by atoms with Crippen LogP contribution in [0.3, 0.4) is 0 Å². The minimum Gasteiger partial charge on any atom is -0.366 e. The number of benzene rings is 1. The fourth-order valence-electron chi connectivity index (χ4n) is 2.59. The molecule has 0 spiro atoms. The largest absolute Gasteiger partial charge is 0.416 e. The second kappa shape index (κ2) is 9.34. The molecule has 9 heteroatoms. The number of halogens is 4. The smallest absolute Gasteiger partial charge is 0.366 e. The van der Waals surface area contributed by atoms with E-state index < -0.39 is 23.6 Å². The monoisotopic (exact) mass is 420 g/mol. The fraction of sp³-hybridized carbons (Fsp3) is 0.190. The van der Waals surface area contributed by atoms with Gasteiger partial charge in [-0.2, -0.15) is 22.7 Å². The number of primary amides is 1. The molecule has 0 aliphatic rings. The minimum atomic E-state index is -4.51. The third-order valence-electron chi connectivity index (χ3n) is 4.02. The van der Waals surface area contributed by atoms with Gasteiger partial charge in [0.25, 0.3) is 5.91 Å². The van der Waals surface area contributed by atoms with Gasteiger partial charge in [-0.15, -0.1) is 0 Å². The summed E-state index contributed by atoms with van der Waals surface area (Å²) in [7, 11) is 0. The van der Waals surface area contributed by atoms with Gasteiger partial charge in [0.05, 0.1) is 16.8 Å². The van der Waals surface area contributed by atoms with Crippen molar-refractivity contribution in [3.05, 3.63) is 84.2 Å². The van der Waals surface area contributed by atoms with Crippen molar-refractivity contribution in [2.24, 2.45) is 16.8 Å². The lowest BCUT2D eigenvalue weighted by atomic mass is 9.98. The number of hydrazone groups is 1. The van der Waals surface area contributed by atoms with Crippen LogP contribution >= 0.6 is 0 Å². The molecule has 5 nitrogen and oxygen atoms in total. The summed E-state index contributed by atoms with van der Waals surface area (Å²) in [6.07, 6.45) is -0.933. The Morgan fingerprint density at radius 2 is 1.97 bits per heavy atom. The predicted molar refractivity (Wildman–Crippen MR) is 106 cm³/mol. The van der Waals surface area contributed by atoms with Crippen LogP contribution in [0.5, 0.6) is 0 Å². The molecule has 0 aliphatic carbocycles. The van der Waals surface area contributed by atoms with Crippen molar-refractivity contribution in [1.82, 2.24) is 9.99 Å². The molecule has 1 heterocycles. The quantitative estimate of drug-likeness (QED) is 0.234. The Bertz CT molecular complexity index is 996. The van der Waals surface area contributed by atoms with Crippen LogP contribution in [0.1, 0.15) is 30.5 Å². The van der Waals surface area contributed by atoms with Crippen molar-refractivity contribution in [1.29, 1.82) is 0 Å². The van der Waals surface area contributed by atoms with Crippen LogP contribution in [0.25, 0.3) is 5.57 Å². The van der Waals surface area contributed by atoms with Crippen LogP contribution in [0.15, 0.2) is 66.7 Å². The maximum Gasteiger partial charge on any atom is 0.416 e. The Balaban J connectivity index is 2.56. The number of nitrogens with zero attached hydrogens (tertiary/aromatic N) is 3. The SMILES string of the molecule is C=CN(/C=C(\C(N)=O)c1cccnc1F)/N=C(/c1cccc(C(F)(F)F)c1)C(C)C. The summed E-state index contributed by atoms with van der Waals surface area (Å²) in [4.78, 5) is 15.4. The molecular weight excluding hydrogens is 400 g/mol. The van der Waals surface area contributed by atoms with Gasteiger partial charge in [-0.1, -0.05) is 32.6 Å². The van der Waals surface area contributed by atoms with Gasteiger partial charge in [0.1, 0.15) is 0 Å². The third kappa shape index (κ3) is 5.53. The van der Waals surface area contributed by atoms with E-state index in [-0.39, 0.29) is 22.6 Å². The van der Waals surface area contributed by atoms with Crippen LogP contribution in [0.2, 0.25) is 0 Å². The Hall–Kier alpha value is -3.49. The Morgan fingerprint density at radius 1 is 1.27 bits per heavy atom. The van der Waals surface area contributed by atoms with E-state index in [0.717, 1.165) is 23.3 Å². The number of alkyl halides is 3. The molecular formula is C21H20F4N4O. The second-order valence-corrected chi connectivity index (χ2v) is 6.53. The average Bonchev–Trinajstić information content (AvgIpc) is 2.68. The van der Waals surface area contributed by atoms with Gasteiger partial charge in [0, 0.05) is 24.2 Å². The number of carbonyl (C=O) groups is 1. The van der Waals surface area contributed by atoms with Gasteiger partial charge in [-0.05, 0) is 35.7 Å². The summed E-state index contributed by atoms with van der Waals surface area (Å²) in [6, 6.07) is 7.47. The molecule has 1 amide bonds. The zero-order valence-corrected chi connectivity index (χ0v) is 16.3. The molecule has 0 atom stereocenters. The summed E-state index contributed by atoms with van der Waals surface area (Å²) in [5.74, 6) is -2.12. The third-order valence-corrected chi connectivity index (χ3v) is 4.02. The maximum atomic E-state index is 14.0. The first-order valence-electron chi connectivity index (χ1n) is 8.84. The number of hydrogen-bond acceptors (Lipinski definition) is 4. The zero-order valence-electron chi connectivity index (χ0n) is 16.3. The van der Waals surface area contributed by atoms with E-state index in [1.54, 1.807) is 13.8 Å². The van der Waals surface area contributed by atoms with Crippen molar-refractivity contribution in [3.8, 4) is 0 Å². The van der Waals surface area contributed by atoms with E-state index in [4.69, 9.17) is 5.73 Å². The number of amides is 1. The van der Waals surface area contributed by atoms with E-state index in [9.17, 15) is 22.4 Å². The highest BCUT2D eigenvalue weighted by Gasteiger charge is 2.31. The molecule has 0 aliphatic heterocycles. The minimum absolute atomic E-state index is 0.141. The Morgan fingerprint density at radius 3 is 2.50 bits per heavy atom.